The van der Waals surface area contributed by atoms with Gasteiger partial charge in [0.05, 0.1) is 29.7 Å². The highest BCUT2D eigenvalue weighted by atomic mass is 32.2. The first-order valence-corrected chi connectivity index (χ1v) is 9.77. The third kappa shape index (κ3) is 3.53. The molecule has 0 saturated heterocycles. The largest absolute Gasteiger partial charge is 0.493 e. The average molecular weight is 397 g/mol. The summed E-state index contributed by atoms with van der Waals surface area (Å²) < 4.78 is 18.3. The van der Waals surface area contributed by atoms with Crippen LogP contribution in [0.4, 0.5) is 0 Å². The summed E-state index contributed by atoms with van der Waals surface area (Å²) in [5.41, 5.74) is 1.73. The highest BCUT2D eigenvalue weighted by Gasteiger charge is 2.17. The minimum absolute atomic E-state index is 0.486. The van der Waals surface area contributed by atoms with Crippen molar-refractivity contribution in [2.24, 2.45) is 7.05 Å². The van der Waals surface area contributed by atoms with Gasteiger partial charge in [-0.15, -0.1) is 10.2 Å². The molecule has 0 amide bonds. The number of hydrogen-bond donors (Lipinski definition) is 0. The lowest BCUT2D eigenvalue weighted by atomic mass is 10.2. The number of aryl methyl sites for hydroxylation is 1. The molecule has 0 N–H and O–H groups in total. The van der Waals surface area contributed by atoms with Crippen molar-refractivity contribution in [3.8, 4) is 28.5 Å². The Hall–Kier alpha value is -3.07. The molecule has 0 radical (unpaired) electrons. The Balaban J connectivity index is 1.49. The lowest BCUT2D eigenvalue weighted by molar-refractivity contribution is 0.341. The Morgan fingerprint density at radius 3 is 2.79 bits per heavy atom. The van der Waals surface area contributed by atoms with E-state index in [2.05, 4.69) is 20.3 Å². The van der Waals surface area contributed by atoms with Gasteiger partial charge in [-0.05, 0) is 32.0 Å². The molecule has 4 aromatic rings. The lowest BCUT2D eigenvalue weighted by Gasteiger charge is -2.05. The van der Waals surface area contributed by atoms with Gasteiger partial charge in [-0.2, -0.15) is 4.98 Å². The van der Waals surface area contributed by atoms with E-state index >= 15 is 0 Å². The van der Waals surface area contributed by atoms with Crippen molar-refractivity contribution in [2.45, 2.75) is 24.8 Å². The van der Waals surface area contributed by atoms with Crippen LogP contribution in [0.1, 0.15) is 18.6 Å². The maximum absolute atomic E-state index is 5.64. The van der Waals surface area contributed by atoms with Crippen LogP contribution in [0.5, 0.6) is 5.75 Å². The van der Waals surface area contributed by atoms with Crippen LogP contribution in [0.15, 0.2) is 50.7 Å². The Kier molecular flexibility index (Phi) is 5.16. The molecule has 0 unspecified atom stereocenters. The van der Waals surface area contributed by atoms with E-state index in [0.29, 0.717) is 24.1 Å². The molecule has 0 aliphatic carbocycles. The summed E-state index contributed by atoms with van der Waals surface area (Å²) in [5, 5.41) is 13.4. The second kappa shape index (κ2) is 7.89. The number of benzene rings is 1. The van der Waals surface area contributed by atoms with E-state index in [4.69, 9.17) is 13.7 Å². The van der Waals surface area contributed by atoms with Gasteiger partial charge in [-0.3, -0.25) is 0 Å². The normalized spacial score (nSPS) is 11.1. The van der Waals surface area contributed by atoms with Crippen molar-refractivity contribution >= 4 is 11.8 Å². The van der Waals surface area contributed by atoms with Crippen LogP contribution in [0.25, 0.3) is 22.8 Å². The molecule has 3 heterocycles. The minimum Gasteiger partial charge on any atom is -0.493 e. The summed E-state index contributed by atoms with van der Waals surface area (Å²) in [6, 6.07) is 9.52. The summed E-state index contributed by atoms with van der Waals surface area (Å²) in [7, 11) is 1.92. The van der Waals surface area contributed by atoms with Crippen molar-refractivity contribution in [1.82, 2.24) is 24.9 Å². The third-order valence-electron chi connectivity index (χ3n) is 4.16. The smallest absolute Gasteiger partial charge is 0.237 e. The van der Waals surface area contributed by atoms with Crippen molar-refractivity contribution < 1.29 is 13.7 Å². The molecule has 0 saturated carbocycles. The van der Waals surface area contributed by atoms with E-state index in [1.807, 2.05) is 55.8 Å². The highest BCUT2D eigenvalue weighted by Crippen LogP contribution is 2.30. The zero-order valence-corrected chi connectivity index (χ0v) is 16.6. The van der Waals surface area contributed by atoms with E-state index in [1.54, 1.807) is 6.26 Å². The number of furan rings is 1. The second-order valence-electron chi connectivity index (χ2n) is 5.99. The van der Waals surface area contributed by atoms with Crippen molar-refractivity contribution in [2.75, 3.05) is 6.61 Å². The van der Waals surface area contributed by atoms with Gasteiger partial charge in [0.25, 0.3) is 0 Å². The van der Waals surface area contributed by atoms with Gasteiger partial charge in [-0.25, -0.2) is 0 Å². The van der Waals surface area contributed by atoms with Crippen LogP contribution in [0, 0.1) is 6.92 Å². The fourth-order valence-corrected chi connectivity index (χ4v) is 3.52. The SMILES string of the molecule is CCOc1ccccc1-c1noc(CSc2nnc(-c3ccoc3C)n2C)n1. The molecule has 0 bridgehead atoms. The quantitative estimate of drug-likeness (QED) is 0.430. The molecule has 4 rings (SSSR count). The number of ether oxygens (including phenoxy) is 1. The van der Waals surface area contributed by atoms with Crippen molar-refractivity contribution in [1.29, 1.82) is 0 Å². The Bertz CT molecular complexity index is 1080. The standard InChI is InChI=1S/C19H19N5O3S/c1-4-25-15-8-6-5-7-14(15)17-20-16(27-23-17)11-28-19-22-21-18(24(19)3)13-9-10-26-12(13)2/h5-10H,4,11H2,1-3H3. The number of thioether (sulfide) groups is 1. The fourth-order valence-electron chi connectivity index (χ4n) is 2.77. The molecule has 144 valence electrons. The van der Waals surface area contributed by atoms with E-state index in [-0.39, 0.29) is 0 Å². The van der Waals surface area contributed by atoms with Gasteiger partial charge in [0.2, 0.25) is 11.7 Å². The zero-order valence-electron chi connectivity index (χ0n) is 15.7. The van der Waals surface area contributed by atoms with E-state index in [1.165, 1.54) is 11.8 Å². The summed E-state index contributed by atoms with van der Waals surface area (Å²) >= 11 is 1.48. The van der Waals surface area contributed by atoms with Crippen molar-refractivity contribution in [3.05, 3.63) is 48.2 Å². The first-order valence-electron chi connectivity index (χ1n) is 8.78. The van der Waals surface area contributed by atoms with E-state index < -0.39 is 0 Å². The number of hydrogen-bond acceptors (Lipinski definition) is 8. The monoisotopic (exact) mass is 397 g/mol. The molecule has 0 aliphatic heterocycles. The van der Waals surface area contributed by atoms with Gasteiger partial charge in [-0.1, -0.05) is 29.1 Å². The number of para-hydroxylation sites is 1. The van der Waals surface area contributed by atoms with Crippen LogP contribution < -0.4 is 4.74 Å². The zero-order chi connectivity index (χ0) is 19.5. The highest BCUT2D eigenvalue weighted by molar-refractivity contribution is 7.98. The first-order chi connectivity index (χ1) is 13.7. The third-order valence-corrected chi connectivity index (χ3v) is 5.16. The summed E-state index contributed by atoms with van der Waals surface area (Å²) in [6.07, 6.45) is 1.65. The van der Waals surface area contributed by atoms with Crippen LogP contribution in [-0.4, -0.2) is 31.5 Å². The van der Waals surface area contributed by atoms with Gasteiger partial charge in [0.15, 0.2) is 11.0 Å². The Labute approximate surface area is 165 Å². The molecule has 8 nitrogen and oxygen atoms in total. The lowest BCUT2D eigenvalue weighted by Crippen LogP contribution is -1.95. The van der Waals surface area contributed by atoms with Gasteiger partial charge >= 0.3 is 0 Å². The Morgan fingerprint density at radius 1 is 1.14 bits per heavy atom. The van der Waals surface area contributed by atoms with Gasteiger partial charge in [0.1, 0.15) is 11.5 Å². The van der Waals surface area contributed by atoms with Crippen LogP contribution >= 0.6 is 11.8 Å². The summed E-state index contributed by atoms with van der Waals surface area (Å²) in [4.78, 5) is 4.49. The van der Waals surface area contributed by atoms with Crippen LogP contribution in [0.2, 0.25) is 0 Å². The summed E-state index contributed by atoms with van der Waals surface area (Å²) in [6.45, 7) is 4.41. The average Bonchev–Trinajstić information content (AvgIpc) is 3.41. The molecule has 0 fully saturated rings. The molecule has 0 atom stereocenters. The molecule has 0 aliphatic rings. The van der Waals surface area contributed by atoms with E-state index in [0.717, 1.165) is 33.6 Å². The molecule has 9 heteroatoms. The van der Waals surface area contributed by atoms with Crippen LogP contribution in [0.3, 0.4) is 0 Å². The second-order valence-corrected chi connectivity index (χ2v) is 6.93. The topological polar surface area (TPSA) is 92.0 Å². The van der Waals surface area contributed by atoms with Crippen LogP contribution in [-0.2, 0) is 12.8 Å². The predicted octanol–water partition coefficient (Wildman–Crippen LogP) is 4.12. The maximum atomic E-state index is 5.64. The number of aromatic nitrogens is 5. The molecule has 28 heavy (non-hydrogen) atoms. The summed E-state index contributed by atoms with van der Waals surface area (Å²) in [5.74, 6) is 3.80. The van der Waals surface area contributed by atoms with E-state index in [9.17, 15) is 0 Å². The van der Waals surface area contributed by atoms with Gasteiger partial charge in [0, 0.05) is 7.05 Å². The van der Waals surface area contributed by atoms with Crippen molar-refractivity contribution in [3.63, 3.8) is 0 Å². The predicted molar refractivity (Wildman–Crippen MR) is 104 cm³/mol. The fraction of sp³-hybridized carbons (Fsp3) is 0.263. The number of rotatable bonds is 7. The molecular formula is C19H19N5O3S. The number of nitrogens with zero attached hydrogens (tertiary/aromatic N) is 5. The molecule has 3 aromatic heterocycles. The minimum atomic E-state index is 0.486. The Morgan fingerprint density at radius 2 is 2.00 bits per heavy atom. The molecule has 1 aromatic carbocycles. The maximum Gasteiger partial charge on any atom is 0.237 e. The van der Waals surface area contributed by atoms with Gasteiger partial charge < -0.3 is 18.2 Å². The molecule has 0 spiro atoms. The first kappa shape index (κ1) is 18.3. The molecular weight excluding hydrogens is 378 g/mol.